The summed E-state index contributed by atoms with van der Waals surface area (Å²) >= 11 is 0. The molecule has 1 heterocycles. The summed E-state index contributed by atoms with van der Waals surface area (Å²) in [6.45, 7) is 1.17. The summed E-state index contributed by atoms with van der Waals surface area (Å²) in [6, 6.07) is 4.09. The molecule has 1 aromatic heterocycles. The Labute approximate surface area is 195 Å². The number of hydrogen-bond acceptors (Lipinski definition) is 4. The van der Waals surface area contributed by atoms with E-state index in [1.807, 2.05) is 28.6 Å². The van der Waals surface area contributed by atoms with Crippen LogP contribution in [0.25, 0.3) is 11.0 Å². The molecule has 5 rings (SSSR count). The van der Waals surface area contributed by atoms with Crippen LogP contribution in [-0.2, 0) is 16.1 Å². The number of methoxy groups -OCH3 is 1. The van der Waals surface area contributed by atoms with Crippen molar-refractivity contribution >= 4 is 28.5 Å². The van der Waals surface area contributed by atoms with Crippen LogP contribution in [0.5, 0.6) is 0 Å². The largest absolute Gasteiger partial charge is 0.383 e. The fourth-order valence-electron chi connectivity index (χ4n) is 5.63. The second kappa shape index (κ2) is 9.45. The van der Waals surface area contributed by atoms with Crippen LogP contribution in [-0.4, -0.2) is 53.1 Å². The van der Waals surface area contributed by atoms with E-state index in [0.717, 1.165) is 36.7 Å². The summed E-state index contributed by atoms with van der Waals surface area (Å²) in [7, 11) is 3.63. The van der Waals surface area contributed by atoms with Crippen molar-refractivity contribution in [2.24, 2.45) is 17.8 Å². The molecule has 7 heteroatoms. The van der Waals surface area contributed by atoms with Gasteiger partial charge in [-0.1, -0.05) is 19.3 Å². The average molecular weight is 453 g/mol. The Balaban J connectivity index is 1.47. The Kier molecular flexibility index (Phi) is 6.41. The molecule has 0 aliphatic heterocycles. The number of aromatic nitrogens is 2. The minimum absolute atomic E-state index is 0.0248. The molecule has 7 nitrogen and oxygen atoms in total. The monoisotopic (exact) mass is 452 g/mol. The summed E-state index contributed by atoms with van der Waals surface area (Å²) in [4.78, 5) is 33.3. The first kappa shape index (κ1) is 22.4. The number of ether oxygens (including phenoxy) is 1. The van der Waals surface area contributed by atoms with E-state index in [4.69, 9.17) is 4.74 Å². The number of hydrogen-bond donors (Lipinski definition) is 1. The van der Waals surface area contributed by atoms with Gasteiger partial charge in [-0.2, -0.15) is 0 Å². The highest BCUT2D eigenvalue weighted by molar-refractivity contribution is 6.07. The fourth-order valence-corrected chi connectivity index (χ4v) is 5.63. The van der Waals surface area contributed by atoms with Gasteiger partial charge in [0.05, 0.1) is 29.5 Å². The topological polar surface area (TPSA) is 76.5 Å². The molecule has 0 bridgehead atoms. The third kappa shape index (κ3) is 4.79. The number of nitrogens with zero attached hydrogens (tertiary/aromatic N) is 3. The molecule has 0 spiro atoms. The lowest BCUT2D eigenvalue weighted by atomic mass is 9.88. The Morgan fingerprint density at radius 3 is 2.45 bits per heavy atom. The molecule has 0 radical (unpaired) electrons. The van der Waals surface area contributed by atoms with Gasteiger partial charge in [0.25, 0.3) is 5.91 Å². The zero-order valence-corrected chi connectivity index (χ0v) is 19.9. The zero-order valence-electron chi connectivity index (χ0n) is 19.9. The van der Waals surface area contributed by atoms with Gasteiger partial charge in [-0.05, 0) is 62.5 Å². The summed E-state index contributed by atoms with van der Waals surface area (Å²) < 4.78 is 7.27. The van der Waals surface area contributed by atoms with Gasteiger partial charge in [0.2, 0.25) is 5.91 Å². The van der Waals surface area contributed by atoms with Gasteiger partial charge in [-0.25, -0.2) is 4.98 Å². The lowest BCUT2D eigenvalue weighted by Gasteiger charge is -2.29. The van der Waals surface area contributed by atoms with Gasteiger partial charge in [0.1, 0.15) is 0 Å². The van der Waals surface area contributed by atoms with Crippen molar-refractivity contribution < 1.29 is 14.3 Å². The SMILES string of the molecule is COCCn1cnc2cc(NC(=O)C3CCCCC3)cc(C(=O)N(C)C(C3CC3)C3CC3)c21. The highest BCUT2D eigenvalue weighted by Gasteiger charge is 2.45. The Bertz CT molecular complexity index is 1010. The number of nitrogens with one attached hydrogen (secondary N) is 1. The molecule has 178 valence electrons. The quantitative estimate of drug-likeness (QED) is 0.609. The maximum absolute atomic E-state index is 13.9. The lowest BCUT2D eigenvalue weighted by Crippen LogP contribution is -2.40. The van der Waals surface area contributed by atoms with Crippen molar-refractivity contribution in [2.45, 2.75) is 70.4 Å². The molecule has 0 atom stereocenters. The van der Waals surface area contributed by atoms with E-state index in [1.54, 1.807) is 13.4 Å². The summed E-state index contributed by atoms with van der Waals surface area (Å²) in [5, 5.41) is 3.11. The maximum atomic E-state index is 13.9. The fraction of sp³-hybridized carbons (Fsp3) is 0.654. The molecule has 1 N–H and O–H groups in total. The standard InChI is InChI=1S/C26H36N4O3/c1-29(23(17-8-9-17)18-10-11-18)26(32)21-14-20(28-25(31)19-6-4-3-5-7-19)15-22-24(21)30(16-27-22)12-13-33-2/h14-19,23H,3-13H2,1-2H3,(H,28,31). The molecule has 3 fully saturated rings. The molecule has 33 heavy (non-hydrogen) atoms. The smallest absolute Gasteiger partial charge is 0.256 e. The number of fused-ring (bicyclic) bond motifs is 1. The predicted octanol–water partition coefficient (Wildman–Crippen LogP) is 4.46. The second-order valence-corrected chi connectivity index (χ2v) is 10.2. The van der Waals surface area contributed by atoms with Crippen molar-refractivity contribution in [1.29, 1.82) is 0 Å². The van der Waals surface area contributed by atoms with E-state index in [0.29, 0.717) is 42.3 Å². The van der Waals surface area contributed by atoms with E-state index in [1.165, 1.54) is 32.1 Å². The molecular weight excluding hydrogens is 416 g/mol. The minimum atomic E-state index is 0.0248. The van der Waals surface area contributed by atoms with Crippen LogP contribution in [0.4, 0.5) is 5.69 Å². The highest BCUT2D eigenvalue weighted by atomic mass is 16.5. The second-order valence-electron chi connectivity index (χ2n) is 10.2. The minimum Gasteiger partial charge on any atom is -0.383 e. The van der Waals surface area contributed by atoms with Crippen LogP contribution in [0.1, 0.15) is 68.1 Å². The number of imidazole rings is 1. The van der Waals surface area contributed by atoms with Crippen LogP contribution in [0.3, 0.4) is 0 Å². The lowest BCUT2D eigenvalue weighted by molar-refractivity contribution is -0.120. The van der Waals surface area contributed by atoms with Gasteiger partial charge in [-0.3, -0.25) is 9.59 Å². The van der Waals surface area contributed by atoms with E-state index >= 15 is 0 Å². The van der Waals surface area contributed by atoms with E-state index in [2.05, 4.69) is 10.3 Å². The Morgan fingerprint density at radius 1 is 1.12 bits per heavy atom. The maximum Gasteiger partial charge on any atom is 0.256 e. The Hall–Kier alpha value is -2.41. The third-order valence-electron chi connectivity index (χ3n) is 7.70. The van der Waals surface area contributed by atoms with E-state index < -0.39 is 0 Å². The van der Waals surface area contributed by atoms with Gasteiger partial charge in [0.15, 0.2) is 0 Å². The summed E-state index contributed by atoms with van der Waals surface area (Å²) in [6.07, 6.45) is 12.0. The van der Waals surface area contributed by atoms with Crippen molar-refractivity contribution in [3.05, 3.63) is 24.0 Å². The van der Waals surface area contributed by atoms with Crippen molar-refractivity contribution in [3.63, 3.8) is 0 Å². The molecule has 3 saturated carbocycles. The van der Waals surface area contributed by atoms with Crippen LogP contribution >= 0.6 is 0 Å². The number of rotatable bonds is 9. The molecule has 3 aliphatic carbocycles. The van der Waals surface area contributed by atoms with Crippen LogP contribution in [0.15, 0.2) is 18.5 Å². The number of amides is 2. The molecule has 1 aromatic carbocycles. The number of carbonyl (C=O) groups is 2. The van der Waals surface area contributed by atoms with Gasteiger partial charge in [-0.15, -0.1) is 0 Å². The van der Waals surface area contributed by atoms with Crippen molar-refractivity contribution in [3.8, 4) is 0 Å². The molecule has 2 amide bonds. The number of anilines is 1. The summed E-state index contributed by atoms with van der Waals surface area (Å²) in [5.41, 5.74) is 2.85. The van der Waals surface area contributed by atoms with E-state index in [-0.39, 0.29) is 17.7 Å². The van der Waals surface area contributed by atoms with Gasteiger partial charge >= 0.3 is 0 Å². The zero-order chi connectivity index (χ0) is 22.9. The van der Waals surface area contributed by atoms with Crippen molar-refractivity contribution in [1.82, 2.24) is 14.5 Å². The Morgan fingerprint density at radius 2 is 1.82 bits per heavy atom. The third-order valence-corrected chi connectivity index (χ3v) is 7.70. The van der Waals surface area contributed by atoms with Gasteiger partial charge in [0, 0.05) is 38.3 Å². The predicted molar refractivity (Wildman–Crippen MR) is 128 cm³/mol. The summed E-state index contributed by atoms with van der Waals surface area (Å²) in [5.74, 6) is 1.42. The average Bonchev–Trinajstić information content (AvgIpc) is 3.77. The first-order valence-corrected chi connectivity index (χ1v) is 12.6. The number of benzene rings is 1. The van der Waals surface area contributed by atoms with E-state index in [9.17, 15) is 9.59 Å². The van der Waals surface area contributed by atoms with Crippen molar-refractivity contribution in [2.75, 3.05) is 26.1 Å². The molecule has 2 aromatic rings. The van der Waals surface area contributed by atoms with Crippen LogP contribution in [0, 0.1) is 17.8 Å². The van der Waals surface area contributed by atoms with Crippen LogP contribution in [0.2, 0.25) is 0 Å². The molecular formula is C26H36N4O3. The molecule has 0 unspecified atom stereocenters. The van der Waals surface area contributed by atoms with Gasteiger partial charge < -0.3 is 19.5 Å². The normalized spacial score (nSPS) is 19.2. The molecule has 3 aliphatic rings. The first-order chi connectivity index (χ1) is 16.1. The highest BCUT2D eigenvalue weighted by Crippen LogP contribution is 2.47. The number of carbonyl (C=O) groups excluding carboxylic acids is 2. The first-order valence-electron chi connectivity index (χ1n) is 12.6. The molecule has 0 saturated heterocycles. The van der Waals surface area contributed by atoms with Crippen LogP contribution < -0.4 is 5.32 Å².